The molecule has 0 fully saturated rings. The number of hydrogen-bond donors (Lipinski definition) is 1. The topological polar surface area (TPSA) is 35.2 Å². The molecule has 0 aliphatic heterocycles. The van der Waals surface area contributed by atoms with E-state index >= 15 is 0 Å². The molecule has 0 aromatic heterocycles. The third-order valence-corrected chi connectivity index (χ3v) is 2.75. The molecule has 1 unspecified atom stereocenters. The van der Waals surface area contributed by atoms with E-state index in [2.05, 4.69) is 0 Å². The van der Waals surface area contributed by atoms with Gasteiger partial charge in [0.2, 0.25) is 0 Å². The predicted molar refractivity (Wildman–Crippen MR) is 74.7 cm³/mol. The van der Waals surface area contributed by atoms with Crippen LogP contribution in [0.3, 0.4) is 0 Å². The minimum Gasteiger partial charge on any atom is -0.491 e. The van der Waals surface area contributed by atoms with Gasteiger partial charge < -0.3 is 10.5 Å². The van der Waals surface area contributed by atoms with E-state index < -0.39 is 0 Å². The lowest BCUT2D eigenvalue weighted by Crippen LogP contribution is -2.12. The maximum atomic E-state index is 6.26. The van der Waals surface area contributed by atoms with Gasteiger partial charge in [0.25, 0.3) is 0 Å². The second kappa shape index (κ2) is 5.69. The summed E-state index contributed by atoms with van der Waals surface area (Å²) in [5.74, 6) is 0.869. The lowest BCUT2D eigenvalue weighted by atomic mass is 9.99. The number of nitrogens with two attached hydrogens (primary N) is 1. The summed E-state index contributed by atoms with van der Waals surface area (Å²) in [5, 5.41) is 0. The van der Waals surface area contributed by atoms with Crippen LogP contribution in [0.1, 0.15) is 31.0 Å². The van der Waals surface area contributed by atoms with E-state index in [1.165, 1.54) is 0 Å². The van der Waals surface area contributed by atoms with Gasteiger partial charge >= 0.3 is 0 Å². The molecule has 0 radical (unpaired) electrons. The Balaban J connectivity index is 2.23. The second-order valence-electron chi connectivity index (χ2n) is 4.63. The van der Waals surface area contributed by atoms with Gasteiger partial charge in [-0.25, -0.2) is 0 Å². The molecule has 0 saturated carbocycles. The highest BCUT2D eigenvalue weighted by Gasteiger charge is 2.09. The van der Waals surface area contributed by atoms with Crippen LogP contribution < -0.4 is 10.5 Å². The molecule has 2 rings (SSSR count). The number of ether oxygens (including phenoxy) is 1. The second-order valence-corrected chi connectivity index (χ2v) is 4.63. The quantitative estimate of drug-likeness (QED) is 0.888. The SMILES string of the molecule is CC(C)Oc1cccc(C(N)c2ccccc2)c1. The molecule has 1 atom stereocenters. The van der Waals surface area contributed by atoms with Crippen LogP contribution in [-0.4, -0.2) is 6.10 Å². The first kappa shape index (κ1) is 12.7. The van der Waals surface area contributed by atoms with Gasteiger partial charge in [0, 0.05) is 0 Å². The van der Waals surface area contributed by atoms with Gasteiger partial charge in [-0.1, -0.05) is 42.5 Å². The summed E-state index contributed by atoms with van der Waals surface area (Å²) in [5.41, 5.74) is 8.44. The van der Waals surface area contributed by atoms with Crippen LogP contribution >= 0.6 is 0 Å². The summed E-state index contributed by atoms with van der Waals surface area (Å²) >= 11 is 0. The van der Waals surface area contributed by atoms with Gasteiger partial charge in [-0.3, -0.25) is 0 Å². The van der Waals surface area contributed by atoms with E-state index in [1.54, 1.807) is 0 Å². The number of hydrogen-bond acceptors (Lipinski definition) is 2. The molecule has 2 nitrogen and oxygen atoms in total. The van der Waals surface area contributed by atoms with Crippen molar-refractivity contribution in [3.8, 4) is 5.75 Å². The fourth-order valence-corrected chi connectivity index (χ4v) is 1.91. The maximum Gasteiger partial charge on any atom is 0.120 e. The monoisotopic (exact) mass is 241 g/mol. The van der Waals surface area contributed by atoms with Crippen molar-refractivity contribution < 1.29 is 4.74 Å². The van der Waals surface area contributed by atoms with Crippen molar-refractivity contribution in [2.45, 2.75) is 26.0 Å². The van der Waals surface area contributed by atoms with Crippen LogP contribution in [-0.2, 0) is 0 Å². The van der Waals surface area contributed by atoms with Crippen LogP contribution in [0.2, 0.25) is 0 Å². The smallest absolute Gasteiger partial charge is 0.120 e. The van der Waals surface area contributed by atoms with Crippen LogP contribution in [0.25, 0.3) is 0 Å². The Bertz CT molecular complexity index is 493. The van der Waals surface area contributed by atoms with Gasteiger partial charge in [0.1, 0.15) is 5.75 Å². The third kappa shape index (κ3) is 3.11. The molecule has 0 aliphatic rings. The Kier molecular flexibility index (Phi) is 4.00. The maximum absolute atomic E-state index is 6.26. The molecule has 2 heteroatoms. The van der Waals surface area contributed by atoms with E-state index in [0.29, 0.717) is 0 Å². The van der Waals surface area contributed by atoms with E-state index in [1.807, 2.05) is 68.4 Å². The zero-order valence-electron chi connectivity index (χ0n) is 10.8. The summed E-state index contributed by atoms with van der Waals surface area (Å²) in [6.07, 6.45) is 0.174. The molecule has 0 amide bonds. The predicted octanol–water partition coefficient (Wildman–Crippen LogP) is 3.52. The first-order valence-electron chi connectivity index (χ1n) is 6.24. The van der Waals surface area contributed by atoms with Crippen LogP contribution in [0.4, 0.5) is 0 Å². The summed E-state index contributed by atoms with van der Waals surface area (Å²) in [4.78, 5) is 0. The van der Waals surface area contributed by atoms with E-state index in [0.717, 1.165) is 16.9 Å². The Morgan fingerprint density at radius 2 is 1.56 bits per heavy atom. The molecule has 0 heterocycles. The minimum absolute atomic E-state index is 0.109. The Morgan fingerprint density at radius 3 is 2.22 bits per heavy atom. The summed E-state index contributed by atoms with van der Waals surface area (Å²) in [6, 6.07) is 18.0. The fourth-order valence-electron chi connectivity index (χ4n) is 1.91. The highest BCUT2D eigenvalue weighted by atomic mass is 16.5. The molecule has 0 aliphatic carbocycles. The molecule has 0 spiro atoms. The summed E-state index contributed by atoms with van der Waals surface area (Å²) in [7, 11) is 0. The van der Waals surface area contributed by atoms with Crippen molar-refractivity contribution in [2.24, 2.45) is 5.73 Å². The Hall–Kier alpha value is -1.80. The van der Waals surface area contributed by atoms with E-state index in [4.69, 9.17) is 10.5 Å². The first-order chi connectivity index (χ1) is 8.66. The Morgan fingerprint density at radius 1 is 0.889 bits per heavy atom. The van der Waals surface area contributed by atoms with Crippen LogP contribution in [0.5, 0.6) is 5.75 Å². The van der Waals surface area contributed by atoms with E-state index in [-0.39, 0.29) is 12.1 Å². The highest BCUT2D eigenvalue weighted by molar-refractivity contribution is 5.36. The standard InChI is InChI=1S/C16H19NO/c1-12(2)18-15-10-6-9-14(11-15)16(17)13-7-4-3-5-8-13/h3-12,16H,17H2,1-2H3. The molecule has 18 heavy (non-hydrogen) atoms. The fraction of sp³-hybridized carbons (Fsp3) is 0.250. The lowest BCUT2D eigenvalue weighted by Gasteiger charge is -2.15. The van der Waals surface area contributed by atoms with Gasteiger partial charge in [0.05, 0.1) is 12.1 Å². The van der Waals surface area contributed by atoms with Crippen molar-refractivity contribution in [3.05, 3.63) is 65.7 Å². The van der Waals surface area contributed by atoms with Gasteiger partial charge in [-0.2, -0.15) is 0 Å². The first-order valence-corrected chi connectivity index (χ1v) is 6.24. The van der Waals surface area contributed by atoms with Crippen molar-refractivity contribution in [3.63, 3.8) is 0 Å². The lowest BCUT2D eigenvalue weighted by molar-refractivity contribution is 0.242. The summed E-state index contributed by atoms with van der Waals surface area (Å²) in [6.45, 7) is 4.04. The van der Waals surface area contributed by atoms with E-state index in [9.17, 15) is 0 Å². The number of rotatable bonds is 4. The van der Waals surface area contributed by atoms with Crippen molar-refractivity contribution in [1.82, 2.24) is 0 Å². The molecule has 0 bridgehead atoms. The largest absolute Gasteiger partial charge is 0.491 e. The van der Waals surface area contributed by atoms with Crippen LogP contribution in [0.15, 0.2) is 54.6 Å². The third-order valence-electron chi connectivity index (χ3n) is 2.75. The van der Waals surface area contributed by atoms with Crippen LogP contribution in [0, 0.1) is 0 Å². The van der Waals surface area contributed by atoms with Crippen molar-refractivity contribution in [2.75, 3.05) is 0 Å². The molecule has 0 saturated heterocycles. The van der Waals surface area contributed by atoms with Gasteiger partial charge in [0.15, 0.2) is 0 Å². The molecular formula is C16H19NO. The highest BCUT2D eigenvalue weighted by Crippen LogP contribution is 2.23. The van der Waals surface area contributed by atoms with Crippen molar-refractivity contribution >= 4 is 0 Å². The number of benzene rings is 2. The molecule has 2 aromatic carbocycles. The normalized spacial score (nSPS) is 12.4. The average molecular weight is 241 g/mol. The van der Waals surface area contributed by atoms with Crippen molar-refractivity contribution in [1.29, 1.82) is 0 Å². The average Bonchev–Trinajstić information content (AvgIpc) is 2.38. The Labute approximate surface area is 108 Å². The zero-order chi connectivity index (χ0) is 13.0. The zero-order valence-corrected chi connectivity index (χ0v) is 10.8. The minimum atomic E-state index is -0.109. The molecule has 2 N–H and O–H groups in total. The molecular weight excluding hydrogens is 222 g/mol. The molecule has 94 valence electrons. The van der Waals surface area contributed by atoms with Gasteiger partial charge in [-0.05, 0) is 37.1 Å². The molecule has 2 aromatic rings. The van der Waals surface area contributed by atoms with Gasteiger partial charge in [-0.15, -0.1) is 0 Å². The summed E-state index contributed by atoms with van der Waals surface area (Å²) < 4.78 is 5.69.